The van der Waals surface area contributed by atoms with Crippen LogP contribution in [0.2, 0.25) is 0 Å². The monoisotopic (exact) mass is 208 g/mol. The predicted molar refractivity (Wildman–Crippen MR) is 52.2 cm³/mol. The van der Waals surface area contributed by atoms with Crippen LogP contribution in [0.15, 0.2) is 0 Å². The molecule has 0 aromatic carbocycles. The molecule has 0 saturated carbocycles. The van der Waals surface area contributed by atoms with Gasteiger partial charge in [0.15, 0.2) is 0 Å². The van der Waals surface area contributed by atoms with E-state index in [9.17, 15) is 4.79 Å². The molecule has 0 radical (unpaired) electrons. The summed E-state index contributed by atoms with van der Waals surface area (Å²) in [5, 5.41) is 8.47. The number of halogens is 1. The fourth-order valence-corrected chi connectivity index (χ4v) is 1.37. The van der Waals surface area contributed by atoms with Gasteiger partial charge in [-0.05, 0) is 19.3 Å². The highest BCUT2D eigenvalue weighted by molar-refractivity contribution is 6.20. The highest BCUT2D eigenvalue weighted by Gasteiger charge is 2.06. The van der Waals surface area contributed by atoms with Gasteiger partial charge in [0.25, 0.3) is 0 Å². The van der Waals surface area contributed by atoms with Crippen LogP contribution in [0.4, 0.5) is 0 Å². The molecule has 0 aliphatic heterocycles. The fourth-order valence-electron chi connectivity index (χ4n) is 1.07. The number of hydrogen-bond acceptors (Lipinski definition) is 2. The van der Waals surface area contributed by atoms with Crippen molar-refractivity contribution in [1.82, 2.24) is 0 Å². The van der Waals surface area contributed by atoms with E-state index in [1.165, 1.54) is 0 Å². The van der Waals surface area contributed by atoms with E-state index in [1.807, 2.05) is 13.8 Å². The van der Waals surface area contributed by atoms with Crippen LogP contribution in [-0.4, -0.2) is 29.7 Å². The van der Waals surface area contributed by atoms with Crippen LogP contribution in [0.25, 0.3) is 0 Å². The quantitative estimate of drug-likeness (QED) is 0.515. The molecular formula is C9H17ClO3. The van der Waals surface area contributed by atoms with Gasteiger partial charge in [0.2, 0.25) is 0 Å². The van der Waals surface area contributed by atoms with E-state index in [0.717, 1.165) is 6.42 Å². The van der Waals surface area contributed by atoms with Crippen molar-refractivity contribution in [2.75, 3.05) is 13.2 Å². The van der Waals surface area contributed by atoms with Crippen LogP contribution in [0, 0.1) is 5.92 Å². The number of rotatable bonds is 7. The average Bonchev–Trinajstić information content (AvgIpc) is 1.96. The lowest BCUT2D eigenvalue weighted by molar-refractivity contribution is -0.138. The predicted octanol–water partition coefficient (Wildman–Crippen LogP) is 2.13. The SMILES string of the molecule is CC(Cl)CC(C)COCCC(=O)O. The summed E-state index contributed by atoms with van der Waals surface area (Å²) in [6.07, 6.45) is 0.970. The molecule has 78 valence electrons. The number of carboxylic acids is 1. The lowest BCUT2D eigenvalue weighted by Gasteiger charge is -2.12. The Morgan fingerprint density at radius 1 is 1.54 bits per heavy atom. The van der Waals surface area contributed by atoms with Gasteiger partial charge in [-0.15, -0.1) is 11.6 Å². The molecule has 0 aliphatic rings. The first-order valence-electron chi connectivity index (χ1n) is 4.46. The summed E-state index contributed by atoms with van der Waals surface area (Å²) in [5.41, 5.74) is 0. The first-order valence-corrected chi connectivity index (χ1v) is 4.89. The maximum absolute atomic E-state index is 10.1. The van der Waals surface area contributed by atoms with Crippen molar-refractivity contribution in [3.63, 3.8) is 0 Å². The van der Waals surface area contributed by atoms with Gasteiger partial charge in [-0.3, -0.25) is 4.79 Å². The Labute approximate surface area is 84.0 Å². The number of carboxylic acid groups (broad SMARTS) is 1. The zero-order valence-corrected chi connectivity index (χ0v) is 8.88. The van der Waals surface area contributed by atoms with Gasteiger partial charge in [-0.25, -0.2) is 0 Å². The minimum Gasteiger partial charge on any atom is -0.481 e. The van der Waals surface area contributed by atoms with E-state index < -0.39 is 5.97 Å². The molecule has 2 atom stereocenters. The molecule has 2 unspecified atom stereocenters. The molecule has 0 aromatic heterocycles. The molecule has 0 amide bonds. The number of ether oxygens (including phenoxy) is 1. The molecule has 0 aliphatic carbocycles. The maximum Gasteiger partial charge on any atom is 0.305 e. The minimum absolute atomic E-state index is 0.0726. The van der Waals surface area contributed by atoms with Crippen LogP contribution in [0.1, 0.15) is 26.7 Å². The second-order valence-electron chi connectivity index (χ2n) is 3.34. The van der Waals surface area contributed by atoms with Crippen LogP contribution in [-0.2, 0) is 9.53 Å². The maximum atomic E-state index is 10.1. The third-order valence-corrected chi connectivity index (χ3v) is 1.77. The lowest BCUT2D eigenvalue weighted by atomic mass is 10.1. The second kappa shape index (κ2) is 7.15. The smallest absolute Gasteiger partial charge is 0.305 e. The molecule has 0 spiro atoms. The molecule has 0 rings (SSSR count). The van der Waals surface area contributed by atoms with Crippen molar-refractivity contribution < 1.29 is 14.6 Å². The number of aliphatic carboxylic acids is 1. The molecule has 3 nitrogen and oxygen atoms in total. The lowest BCUT2D eigenvalue weighted by Crippen LogP contribution is -2.12. The topological polar surface area (TPSA) is 46.5 Å². The van der Waals surface area contributed by atoms with Gasteiger partial charge in [0.05, 0.1) is 13.0 Å². The van der Waals surface area contributed by atoms with Crippen LogP contribution in [0.5, 0.6) is 0 Å². The van der Waals surface area contributed by atoms with Crippen molar-refractivity contribution in [2.45, 2.75) is 32.1 Å². The van der Waals surface area contributed by atoms with E-state index in [2.05, 4.69) is 0 Å². The molecule has 0 aromatic rings. The van der Waals surface area contributed by atoms with Gasteiger partial charge in [0.1, 0.15) is 0 Å². The average molecular weight is 209 g/mol. The van der Waals surface area contributed by atoms with Crippen LogP contribution < -0.4 is 0 Å². The summed E-state index contributed by atoms with van der Waals surface area (Å²) >= 11 is 5.79. The standard InChI is InChI=1S/C9H17ClO3/c1-7(5-8(2)10)6-13-4-3-9(11)12/h7-8H,3-6H2,1-2H3,(H,11,12). The highest BCUT2D eigenvalue weighted by atomic mass is 35.5. The number of carbonyl (C=O) groups is 1. The molecule has 4 heteroatoms. The molecule has 0 bridgehead atoms. The molecule has 0 saturated heterocycles. The van der Waals surface area contributed by atoms with Gasteiger partial charge in [-0.1, -0.05) is 6.92 Å². The summed E-state index contributed by atoms with van der Waals surface area (Å²) < 4.78 is 5.17. The third kappa shape index (κ3) is 9.64. The third-order valence-electron chi connectivity index (χ3n) is 1.59. The summed E-state index contributed by atoms with van der Waals surface area (Å²) in [4.78, 5) is 10.1. The first-order chi connectivity index (χ1) is 6.02. The summed E-state index contributed by atoms with van der Waals surface area (Å²) in [7, 11) is 0. The Hall–Kier alpha value is -0.280. The molecule has 0 heterocycles. The van der Waals surface area contributed by atoms with Crippen LogP contribution in [0.3, 0.4) is 0 Å². The Kier molecular flexibility index (Phi) is 7.00. The molecule has 1 N–H and O–H groups in total. The van der Waals surface area contributed by atoms with Crippen molar-refractivity contribution in [3.8, 4) is 0 Å². The van der Waals surface area contributed by atoms with E-state index in [0.29, 0.717) is 12.5 Å². The van der Waals surface area contributed by atoms with E-state index in [-0.39, 0.29) is 18.4 Å². The van der Waals surface area contributed by atoms with E-state index >= 15 is 0 Å². The molecule has 13 heavy (non-hydrogen) atoms. The minimum atomic E-state index is -0.821. The van der Waals surface area contributed by atoms with Crippen molar-refractivity contribution in [3.05, 3.63) is 0 Å². The van der Waals surface area contributed by atoms with Crippen LogP contribution >= 0.6 is 11.6 Å². The van der Waals surface area contributed by atoms with Gasteiger partial charge in [0, 0.05) is 12.0 Å². The Morgan fingerprint density at radius 2 is 2.15 bits per heavy atom. The molecular weight excluding hydrogens is 192 g/mol. The molecule has 0 fully saturated rings. The Morgan fingerprint density at radius 3 is 2.62 bits per heavy atom. The van der Waals surface area contributed by atoms with Gasteiger partial charge in [-0.2, -0.15) is 0 Å². The normalized spacial score (nSPS) is 15.3. The fraction of sp³-hybridized carbons (Fsp3) is 0.889. The summed E-state index contributed by atoms with van der Waals surface area (Å²) in [6, 6.07) is 0. The highest BCUT2D eigenvalue weighted by Crippen LogP contribution is 2.10. The Bertz CT molecular complexity index is 148. The van der Waals surface area contributed by atoms with Crippen molar-refractivity contribution in [1.29, 1.82) is 0 Å². The zero-order chi connectivity index (χ0) is 10.3. The van der Waals surface area contributed by atoms with Gasteiger partial charge < -0.3 is 9.84 Å². The second-order valence-corrected chi connectivity index (χ2v) is 4.09. The van der Waals surface area contributed by atoms with E-state index in [4.69, 9.17) is 21.4 Å². The van der Waals surface area contributed by atoms with Gasteiger partial charge >= 0.3 is 5.97 Å². The largest absolute Gasteiger partial charge is 0.481 e. The number of hydrogen-bond donors (Lipinski definition) is 1. The Balaban J connectivity index is 3.26. The van der Waals surface area contributed by atoms with E-state index in [1.54, 1.807) is 0 Å². The van der Waals surface area contributed by atoms with Crippen molar-refractivity contribution >= 4 is 17.6 Å². The first kappa shape index (κ1) is 12.7. The number of alkyl halides is 1. The van der Waals surface area contributed by atoms with Crippen molar-refractivity contribution in [2.24, 2.45) is 5.92 Å². The summed E-state index contributed by atoms with van der Waals surface area (Å²) in [6.45, 7) is 4.86. The zero-order valence-electron chi connectivity index (χ0n) is 8.12. The summed E-state index contributed by atoms with van der Waals surface area (Å²) in [5.74, 6) is -0.431.